The second-order valence-electron chi connectivity index (χ2n) is 20.2. The molecule has 0 saturated carbocycles. The zero-order chi connectivity index (χ0) is 46.1. The first kappa shape index (κ1) is 42.5. The van der Waals surface area contributed by atoms with Crippen LogP contribution in [-0.4, -0.2) is 0 Å². The molecule has 0 saturated heterocycles. The van der Waals surface area contributed by atoms with E-state index in [-0.39, 0.29) is 0 Å². The first-order chi connectivity index (χ1) is 32.5. The van der Waals surface area contributed by atoms with Gasteiger partial charge in [-0.3, -0.25) is 0 Å². The first-order valence-corrected chi connectivity index (χ1v) is 24.4. The molecule has 0 unspecified atom stereocenters. The van der Waals surface area contributed by atoms with E-state index in [0.29, 0.717) is 23.7 Å². The van der Waals surface area contributed by atoms with E-state index in [1.54, 1.807) is 0 Å². The molecule has 0 atom stereocenters. The highest BCUT2D eigenvalue weighted by Gasteiger charge is 2.52. The summed E-state index contributed by atoms with van der Waals surface area (Å²) in [6, 6.07) is 74.3. The van der Waals surface area contributed by atoms with Crippen LogP contribution in [0.15, 0.2) is 194 Å². The lowest BCUT2D eigenvalue weighted by Crippen LogP contribution is -2.26. The molecule has 330 valence electrons. The van der Waals surface area contributed by atoms with Crippen LogP contribution in [0.2, 0.25) is 0 Å². The number of nitrogens with zero attached hydrogens (tertiary/aromatic N) is 2. The fourth-order valence-corrected chi connectivity index (χ4v) is 11.1. The molecule has 0 aliphatic heterocycles. The summed E-state index contributed by atoms with van der Waals surface area (Å²) in [7, 11) is 0. The zero-order valence-electron chi connectivity index (χ0n) is 40.2. The van der Waals surface area contributed by atoms with Crippen LogP contribution in [0.5, 0.6) is 0 Å². The van der Waals surface area contributed by atoms with Gasteiger partial charge in [0.05, 0.1) is 5.41 Å². The standard InChI is InChI=1S/C65H60N2/c1-41(2)45-17-26-51(27-18-45)66(52-28-19-46(20-29-52)42(3)4)55-34-25-49-38-60-59-36-35-56(67(53-30-21-47(22-31-53)43(5)6)54-32-23-48(24-33-54)44(7)8)40-64(59)65(63(60)39-50(49)37-55)61-15-11-9-13-57(61)58-14-10-12-16-62(58)65/h9-44H,1-8H3. The van der Waals surface area contributed by atoms with Crippen molar-refractivity contribution in [3.8, 4) is 22.3 Å². The van der Waals surface area contributed by atoms with Gasteiger partial charge in [0, 0.05) is 34.1 Å². The Hall–Kier alpha value is -7.16. The number of anilines is 6. The van der Waals surface area contributed by atoms with Gasteiger partial charge in [0.1, 0.15) is 0 Å². The minimum absolute atomic E-state index is 0.455. The molecule has 0 bridgehead atoms. The average molecular weight is 869 g/mol. The third-order valence-corrected chi connectivity index (χ3v) is 14.8. The van der Waals surface area contributed by atoms with Crippen LogP contribution >= 0.6 is 0 Å². The molecule has 0 fully saturated rings. The lowest BCUT2D eigenvalue weighted by Gasteiger charge is -2.32. The smallest absolute Gasteiger partial charge is 0.0726 e. The summed E-state index contributed by atoms with van der Waals surface area (Å²) in [5, 5.41) is 2.46. The molecule has 11 rings (SSSR count). The van der Waals surface area contributed by atoms with E-state index in [4.69, 9.17) is 0 Å². The number of hydrogen-bond acceptors (Lipinski definition) is 2. The highest BCUT2D eigenvalue weighted by Crippen LogP contribution is 2.64. The molecular weight excluding hydrogens is 809 g/mol. The topological polar surface area (TPSA) is 6.48 Å². The van der Waals surface area contributed by atoms with Gasteiger partial charge in [-0.15, -0.1) is 0 Å². The lowest BCUT2D eigenvalue weighted by atomic mass is 9.70. The quantitative estimate of drug-likeness (QED) is 0.135. The van der Waals surface area contributed by atoms with E-state index in [1.165, 1.54) is 77.5 Å². The van der Waals surface area contributed by atoms with Crippen LogP contribution in [0.1, 0.15) is 124 Å². The van der Waals surface area contributed by atoms with Crippen LogP contribution in [-0.2, 0) is 5.41 Å². The number of benzene rings is 9. The van der Waals surface area contributed by atoms with Gasteiger partial charge in [0.2, 0.25) is 0 Å². The van der Waals surface area contributed by atoms with Gasteiger partial charge >= 0.3 is 0 Å². The summed E-state index contributed by atoms with van der Waals surface area (Å²) < 4.78 is 0. The maximum Gasteiger partial charge on any atom is 0.0726 e. The normalized spacial score (nSPS) is 13.1. The predicted octanol–water partition coefficient (Wildman–Crippen LogP) is 18.6. The number of hydrogen-bond donors (Lipinski definition) is 0. The summed E-state index contributed by atoms with van der Waals surface area (Å²) in [4.78, 5) is 4.88. The largest absolute Gasteiger partial charge is 0.310 e. The molecule has 9 aromatic rings. The number of rotatable bonds is 10. The van der Waals surface area contributed by atoms with Gasteiger partial charge in [0.15, 0.2) is 0 Å². The average Bonchev–Trinajstić information content (AvgIpc) is 3.80. The van der Waals surface area contributed by atoms with Gasteiger partial charge < -0.3 is 9.80 Å². The second kappa shape index (κ2) is 16.6. The molecule has 0 radical (unpaired) electrons. The molecule has 9 aromatic carbocycles. The molecule has 2 aliphatic carbocycles. The first-order valence-electron chi connectivity index (χ1n) is 24.4. The van der Waals surface area contributed by atoms with E-state index < -0.39 is 5.41 Å². The lowest BCUT2D eigenvalue weighted by molar-refractivity contribution is 0.795. The highest BCUT2D eigenvalue weighted by atomic mass is 15.1. The maximum atomic E-state index is 2.53. The van der Waals surface area contributed by atoms with Crippen molar-refractivity contribution >= 4 is 44.9 Å². The SMILES string of the molecule is CC(C)c1ccc(N(c2ccc(C(C)C)cc2)c2ccc3c(c2)C2(c4ccccc4-c4ccccc42)c2cc4cc(N(c5ccc(C(C)C)cc5)c5ccc(C(C)C)cc5)ccc4cc2-3)cc1. The van der Waals surface area contributed by atoms with Crippen LogP contribution < -0.4 is 9.80 Å². The minimum atomic E-state index is -0.522. The molecule has 1 spiro atoms. The Morgan fingerprint density at radius 2 is 0.612 bits per heavy atom. The van der Waals surface area contributed by atoms with Crippen molar-refractivity contribution in [3.05, 3.63) is 239 Å². The fraction of sp³-hybridized carbons (Fsp3) is 0.200. The van der Waals surface area contributed by atoms with Crippen LogP contribution in [0.4, 0.5) is 34.1 Å². The second-order valence-corrected chi connectivity index (χ2v) is 20.2. The van der Waals surface area contributed by atoms with Gasteiger partial charge in [-0.05, 0) is 186 Å². The van der Waals surface area contributed by atoms with Crippen molar-refractivity contribution in [1.29, 1.82) is 0 Å². The van der Waals surface area contributed by atoms with Crippen molar-refractivity contribution in [2.24, 2.45) is 0 Å². The fourth-order valence-electron chi connectivity index (χ4n) is 11.1. The van der Waals surface area contributed by atoms with Crippen molar-refractivity contribution in [1.82, 2.24) is 0 Å². The van der Waals surface area contributed by atoms with Crippen molar-refractivity contribution in [2.45, 2.75) is 84.5 Å². The molecule has 67 heavy (non-hydrogen) atoms. The summed E-state index contributed by atoms with van der Waals surface area (Å²) in [5.74, 6) is 1.83. The van der Waals surface area contributed by atoms with E-state index >= 15 is 0 Å². The van der Waals surface area contributed by atoms with E-state index in [1.807, 2.05) is 0 Å². The molecule has 0 N–H and O–H groups in total. The summed E-state index contributed by atoms with van der Waals surface area (Å²) in [6.45, 7) is 18.1. The van der Waals surface area contributed by atoms with Crippen molar-refractivity contribution < 1.29 is 0 Å². The highest BCUT2D eigenvalue weighted by molar-refractivity contribution is 6.02. The predicted molar refractivity (Wildman–Crippen MR) is 286 cm³/mol. The summed E-state index contributed by atoms with van der Waals surface area (Å²) in [6.07, 6.45) is 0. The molecule has 0 amide bonds. The molecule has 2 heteroatoms. The Kier molecular flexibility index (Phi) is 10.5. The molecular formula is C65H60N2. The zero-order valence-corrected chi connectivity index (χ0v) is 40.2. The van der Waals surface area contributed by atoms with E-state index in [2.05, 4.69) is 259 Å². The third kappa shape index (κ3) is 7.00. The maximum absolute atomic E-state index is 2.53. The van der Waals surface area contributed by atoms with Gasteiger partial charge in [-0.1, -0.05) is 165 Å². The van der Waals surface area contributed by atoms with Gasteiger partial charge in [-0.2, -0.15) is 0 Å². The Bertz CT molecular complexity index is 3130. The van der Waals surface area contributed by atoms with Crippen molar-refractivity contribution in [2.75, 3.05) is 9.80 Å². The van der Waals surface area contributed by atoms with E-state index in [9.17, 15) is 0 Å². The van der Waals surface area contributed by atoms with Crippen LogP contribution in [0.25, 0.3) is 33.0 Å². The Morgan fingerprint density at radius 1 is 0.269 bits per heavy atom. The Balaban J connectivity index is 1.13. The summed E-state index contributed by atoms with van der Waals surface area (Å²) >= 11 is 0. The minimum Gasteiger partial charge on any atom is -0.310 e. The Labute approximate surface area is 398 Å². The number of fused-ring (bicyclic) bond motifs is 11. The molecule has 2 nitrogen and oxygen atoms in total. The van der Waals surface area contributed by atoms with Crippen LogP contribution in [0, 0.1) is 0 Å². The molecule has 0 aromatic heterocycles. The molecule has 0 heterocycles. The van der Waals surface area contributed by atoms with Gasteiger partial charge in [0.25, 0.3) is 0 Å². The summed E-state index contributed by atoms with van der Waals surface area (Å²) in [5.41, 5.74) is 22.3. The molecule has 2 aliphatic rings. The monoisotopic (exact) mass is 868 g/mol. The Morgan fingerprint density at radius 3 is 1.03 bits per heavy atom. The van der Waals surface area contributed by atoms with Crippen molar-refractivity contribution in [3.63, 3.8) is 0 Å². The third-order valence-electron chi connectivity index (χ3n) is 14.8. The van der Waals surface area contributed by atoms with E-state index in [0.717, 1.165) is 34.1 Å². The van der Waals surface area contributed by atoms with Crippen LogP contribution in [0.3, 0.4) is 0 Å². The van der Waals surface area contributed by atoms with Gasteiger partial charge in [-0.25, -0.2) is 0 Å².